The lowest BCUT2D eigenvalue weighted by Crippen LogP contribution is -2.46. The fraction of sp³-hybridized carbons (Fsp3) is 0.368. The molecule has 0 unspecified atom stereocenters. The zero-order valence-corrected chi connectivity index (χ0v) is 14.7. The van der Waals surface area contributed by atoms with Gasteiger partial charge < -0.3 is 4.57 Å². The van der Waals surface area contributed by atoms with E-state index in [9.17, 15) is 9.18 Å². The summed E-state index contributed by atoms with van der Waals surface area (Å²) in [6.45, 7) is 3.17. The van der Waals surface area contributed by atoms with Gasteiger partial charge in [0, 0.05) is 37.3 Å². The number of pyridine rings is 1. The monoisotopic (exact) mass is 366 g/mol. The molecule has 0 amide bonds. The zero-order chi connectivity index (χ0) is 18.4. The Morgan fingerprint density at radius 3 is 2.78 bits per heavy atom. The molecule has 7 nitrogen and oxygen atoms in total. The van der Waals surface area contributed by atoms with Gasteiger partial charge in [-0.05, 0) is 53.1 Å². The SMILES string of the molecule is O=c1cccc2n1C[C@H]1C[C@@H]2CN(Cc2nnnn2-c2ccc(F)cc2)C1. The summed E-state index contributed by atoms with van der Waals surface area (Å²) >= 11 is 0. The number of hydrogen-bond acceptors (Lipinski definition) is 5. The molecular formula is C19H19FN6O. The molecule has 2 bridgehead atoms. The topological polar surface area (TPSA) is 68.8 Å². The van der Waals surface area contributed by atoms with Crippen molar-refractivity contribution in [3.05, 3.63) is 70.2 Å². The van der Waals surface area contributed by atoms with Gasteiger partial charge in [0.05, 0.1) is 12.2 Å². The van der Waals surface area contributed by atoms with Crippen LogP contribution in [0.1, 0.15) is 23.9 Å². The van der Waals surface area contributed by atoms with E-state index in [1.807, 2.05) is 10.6 Å². The van der Waals surface area contributed by atoms with E-state index in [0.29, 0.717) is 18.4 Å². The van der Waals surface area contributed by atoms with Crippen molar-refractivity contribution in [2.24, 2.45) is 5.92 Å². The summed E-state index contributed by atoms with van der Waals surface area (Å²) < 4.78 is 16.8. The van der Waals surface area contributed by atoms with Gasteiger partial charge >= 0.3 is 0 Å². The molecular weight excluding hydrogens is 347 g/mol. The van der Waals surface area contributed by atoms with Crippen molar-refractivity contribution in [1.29, 1.82) is 0 Å². The van der Waals surface area contributed by atoms with Crippen LogP contribution in [0.2, 0.25) is 0 Å². The van der Waals surface area contributed by atoms with Crippen molar-refractivity contribution in [3.63, 3.8) is 0 Å². The van der Waals surface area contributed by atoms with Gasteiger partial charge in [-0.25, -0.2) is 4.39 Å². The molecule has 0 spiro atoms. The van der Waals surface area contributed by atoms with E-state index in [2.05, 4.69) is 26.5 Å². The molecule has 5 rings (SSSR count). The van der Waals surface area contributed by atoms with Crippen LogP contribution in [0.15, 0.2) is 47.3 Å². The second-order valence-corrected chi connectivity index (χ2v) is 7.38. The van der Waals surface area contributed by atoms with Crippen molar-refractivity contribution in [3.8, 4) is 5.69 Å². The first-order chi connectivity index (χ1) is 13.2. The lowest BCUT2D eigenvalue weighted by Gasteiger charge is -2.42. The van der Waals surface area contributed by atoms with Gasteiger partial charge in [-0.15, -0.1) is 5.10 Å². The molecule has 1 saturated heterocycles. The molecule has 0 aliphatic carbocycles. The summed E-state index contributed by atoms with van der Waals surface area (Å²) in [6, 6.07) is 11.7. The number of fused-ring (bicyclic) bond motifs is 4. The maximum atomic E-state index is 13.2. The van der Waals surface area contributed by atoms with Crippen LogP contribution in [0.4, 0.5) is 4.39 Å². The maximum absolute atomic E-state index is 13.2. The standard InChI is InChI=1S/C19H19FN6O/c20-15-4-6-16(7-5-15)26-18(21-22-23-26)12-24-9-13-8-14(11-24)17-2-1-3-19(27)25(17)10-13/h1-7,13-14H,8-12H2/t13-,14+/m0/s1. The van der Waals surface area contributed by atoms with E-state index in [4.69, 9.17) is 0 Å². The third-order valence-corrected chi connectivity index (χ3v) is 5.53. The minimum atomic E-state index is -0.286. The van der Waals surface area contributed by atoms with Crippen LogP contribution in [0, 0.1) is 11.7 Å². The third kappa shape index (κ3) is 2.95. The van der Waals surface area contributed by atoms with Crippen molar-refractivity contribution >= 4 is 0 Å². The van der Waals surface area contributed by atoms with Gasteiger partial charge in [0.2, 0.25) is 0 Å². The highest BCUT2D eigenvalue weighted by molar-refractivity contribution is 5.31. The lowest BCUT2D eigenvalue weighted by molar-refractivity contribution is 0.111. The summed E-state index contributed by atoms with van der Waals surface area (Å²) in [5.41, 5.74) is 1.96. The van der Waals surface area contributed by atoms with Crippen LogP contribution in [0.5, 0.6) is 0 Å². The van der Waals surface area contributed by atoms with Crippen LogP contribution in [0.3, 0.4) is 0 Å². The number of nitrogens with zero attached hydrogens (tertiary/aromatic N) is 6. The molecule has 2 aliphatic heterocycles. The predicted octanol–water partition coefficient (Wildman–Crippen LogP) is 1.58. The first-order valence-electron chi connectivity index (χ1n) is 9.12. The molecule has 27 heavy (non-hydrogen) atoms. The van der Waals surface area contributed by atoms with Crippen LogP contribution in [-0.4, -0.2) is 42.8 Å². The Labute approximate surface area is 155 Å². The van der Waals surface area contributed by atoms with Crippen molar-refractivity contribution in [2.45, 2.75) is 25.4 Å². The minimum absolute atomic E-state index is 0.0934. The van der Waals surface area contributed by atoms with Gasteiger partial charge in [-0.3, -0.25) is 9.69 Å². The molecule has 2 aromatic heterocycles. The summed E-state index contributed by atoms with van der Waals surface area (Å²) in [5.74, 6) is 1.24. The Morgan fingerprint density at radius 1 is 1.07 bits per heavy atom. The largest absolute Gasteiger partial charge is 0.312 e. The quantitative estimate of drug-likeness (QED) is 0.704. The second-order valence-electron chi connectivity index (χ2n) is 7.38. The van der Waals surface area contributed by atoms with Crippen molar-refractivity contribution in [2.75, 3.05) is 13.1 Å². The zero-order valence-electron chi connectivity index (χ0n) is 14.7. The average molecular weight is 366 g/mol. The Morgan fingerprint density at radius 2 is 1.93 bits per heavy atom. The van der Waals surface area contributed by atoms with Gasteiger partial charge in [-0.1, -0.05) is 6.07 Å². The Bertz CT molecular complexity index is 1030. The number of rotatable bonds is 3. The number of hydrogen-bond donors (Lipinski definition) is 0. The van der Waals surface area contributed by atoms with Gasteiger partial charge in [0.15, 0.2) is 5.82 Å². The van der Waals surface area contributed by atoms with E-state index in [0.717, 1.165) is 43.3 Å². The van der Waals surface area contributed by atoms with Crippen LogP contribution >= 0.6 is 0 Å². The normalized spacial score (nSPS) is 21.8. The summed E-state index contributed by atoms with van der Waals surface area (Å²) in [5, 5.41) is 12.0. The van der Waals surface area contributed by atoms with E-state index in [1.54, 1.807) is 22.9 Å². The molecule has 0 saturated carbocycles. The first-order valence-corrected chi connectivity index (χ1v) is 9.12. The molecule has 138 valence electrons. The van der Waals surface area contributed by atoms with Gasteiger partial charge in [0.1, 0.15) is 5.82 Å². The number of halogens is 1. The van der Waals surface area contributed by atoms with E-state index in [1.165, 1.54) is 12.1 Å². The molecule has 0 N–H and O–H groups in total. The Balaban J connectivity index is 1.39. The van der Waals surface area contributed by atoms with E-state index < -0.39 is 0 Å². The van der Waals surface area contributed by atoms with E-state index in [-0.39, 0.29) is 11.4 Å². The predicted molar refractivity (Wildman–Crippen MR) is 95.9 cm³/mol. The number of likely N-dealkylation sites (tertiary alicyclic amines) is 1. The Kier molecular flexibility index (Phi) is 3.86. The molecule has 1 aromatic carbocycles. The fourth-order valence-electron chi connectivity index (χ4n) is 4.41. The first kappa shape index (κ1) is 16.3. The van der Waals surface area contributed by atoms with Gasteiger partial charge in [0.25, 0.3) is 5.56 Å². The highest BCUT2D eigenvalue weighted by Gasteiger charge is 2.34. The molecule has 4 heterocycles. The molecule has 0 radical (unpaired) electrons. The fourth-order valence-corrected chi connectivity index (χ4v) is 4.41. The molecule has 1 fully saturated rings. The third-order valence-electron chi connectivity index (χ3n) is 5.53. The highest BCUT2D eigenvalue weighted by Crippen LogP contribution is 2.35. The summed E-state index contributed by atoms with van der Waals surface area (Å²) in [6.07, 6.45) is 1.11. The maximum Gasteiger partial charge on any atom is 0.250 e. The second kappa shape index (κ2) is 6.38. The number of benzene rings is 1. The molecule has 2 aliphatic rings. The molecule has 3 aromatic rings. The molecule has 8 heteroatoms. The van der Waals surface area contributed by atoms with Crippen molar-refractivity contribution < 1.29 is 4.39 Å². The molecule has 2 atom stereocenters. The highest BCUT2D eigenvalue weighted by atomic mass is 19.1. The van der Waals surface area contributed by atoms with Crippen LogP contribution in [0.25, 0.3) is 5.69 Å². The number of tetrazole rings is 1. The van der Waals surface area contributed by atoms with Crippen molar-refractivity contribution in [1.82, 2.24) is 29.7 Å². The van der Waals surface area contributed by atoms with Gasteiger partial charge in [-0.2, -0.15) is 4.68 Å². The minimum Gasteiger partial charge on any atom is -0.312 e. The van der Waals surface area contributed by atoms with Crippen LogP contribution in [-0.2, 0) is 13.1 Å². The smallest absolute Gasteiger partial charge is 0.250 e. The average Bonchev–Trinajstić information content (AvgIpc) is 3.11. The number of piperidine rings is 1. The summed E-state index contributed by atoms with van der Waals surface area (Å²) in [4.78, 5) is 14.5. The Hall–Kier alpha value is -2.87. The lowest BCUT2D eigenvalue weighted by atomic mass is 9.83. The van der Waals surface area contributed by atoms with E-state index >= 15 is 0 Å². The van der Waals surface area contributed by atoms with Crippen LogP contribution < -0.4 is 5.56 Å². The summed E-state index contributed by atoms with van der Waals surface area (Å²) in [7, 11) is 0. The number of aromatic nitrogens is 5.